The van der Waals surface area contributed by atoms with Crippen LogP contribution in [0, 0.1) is 5.92 Å². The lowest BCUT2D eigenvalue weighted by Crippen LogP contribution is -2.24. The monoisotopic (exact) mass is 167 g/mol. The van der Waals surface area contributed by atoms with Crippen LogP contribution in [-0.2, 0) is 4.79 Å². The predicted octanol–water partition coefficient (Wildman–Crippen LogP) is 1.50. The van der Waals surface area contributed by atoms with Crippen LogP contribution in [0.2, 0.25) is 0 Å². The Kier molecular flexibility index (Phi) is 2.45. The average Bonchev–Trinajstić information content (AvgIpc) is 2.66. The van der Waals surface area contributed by atoms with E-state index in [-0.39, 0.29) is 0 Å². The first kappa shape index (κ1) is 8.24. The van der Waals surface area contributed by atoms with Crippen LogP contribution in [0.1, 0.15) is 38.5 Å². The van der Waals surface area contributed by atoms with E-state index < -0.39 is 0 Å². The molecule has 0 radical (unpaired) electrons. The van der Waals surface area contributed by atoms with Gasteiger partial charge in [-0.05, 0) is 38.1 Å². The Labute approximate surface area is 73.7 Å². The molecule has 1 saturated heterocycles. The zero-order valence-corrected chi connectivity index (χ0v) is 7.51. The van der Waals surface area contributed by atoms with Crippen molar-refractivity contribution < 1.29 is 4.79 Å². The van der Waals surface area contributed by atoms with Crippen LogP contribution < -0.4 is 5.32 Å². The second kappa shape index (κ2) is 3.56. The summed E-state index contributed by atoms with van der Waals surface area (Å²) in [6.45, 7) is 1.11. The smallest absolute Gasteiger partial charge is 0.134 e. The molecule has 0 aromatic carbocycles. The van der Waals surface area contributed by atoms with E-state index in [0.29, 0.717) is 11.8 Å². The summed E-state index contributed by atoms with van der Waals surface area (Å²) in [6.07, 6.45) is 6.69. The maximum Gasteiger partial charge on any atom is 0.134 e. The highest BCUT2D eigenvalue weighted by molar-refractivity contribution is 5.79. The van der Waals surface area contributed by atoms with Crippen molar-refractivity contribution >= 4 is 5.78 Å². The Morgan fingerprint density at radius 1 is 1.25 bits per heavy atom. The molecule has 12 heavy (non-hydrogen) atoms. The number of ketones is 1. The van der Waals surface area contributed by atoms with E-state index in [1.807, 2.05) is 0 Å². The van der Waals surface area contributed by atoms with Crippen molar-refractivity contribution in [2.24, 2.45) is 5.92 Å². The summed E-state index contributed by atoms with van der Waals surface area (Å²) in [5.74, 6) is 1.25. The fourth-order valence-electron chi connectivity index (χ4n) is 1.93. The van der Waals surface area contributed by atoms with Gasteiger partial charge in [0.05, 0.1) is 0 Å². The molecule has 0 amide bonds. The van der Waals surface area contributed by atoms with Crippen LogP contribution in [0.3, 0.4) is 0 Å². The molecule has 2 fully saturated rings. The lowest BCUT2D eigenvalue weighted by Gasteiger charge is -2.07. The third-order valence-electron chi connectivity index (χ3n) is 2.85. The molecule has 1 aliphatic carbocycles. The maximum absolute atomic E-state index is 11.4. The van der Waals surface area contributed by atoms with Crippen LogP contribution in [0.5, 0.6) is 0 Å². The summed E-state index contributed by atoms with van der Waals surface area (Å²) in [5.41, 5.74) is 0. The molecule has 0 bridgehead atoms. The molecule has 1 saturated carbocycles. The van der Waals surface area contributed by atoms with Gasteiger partial charge >= 0.3 is 0 Å². The first-order valence-electron chi connectivity index (χ1n) is 5.09. The van der Waals surface area contributed by atoms with Gasteiger partial charge in [0.1, 0.15) is 5.78 Å². The Balaban J connectivity index is 1.66. The third-order valence-corrected chi connectivity index (χ3v) is 2.85. The number of rotatable bonds is 4. The third kappa shape index (κ3) is 2.31. The fraction of sp³-hybridized carbons (Fsp3) is 0.900. The number of carbonyl (C=O) groups is 1. The van der Waals surface area contributed by atoms with Crippen molar-refractivity contribution in [1.82, 2.24) is 5.32 Å². The summed E-state index contributed by atoms with van der Waals surface area (Å²) in [4.78, 5) is 11.4. The molecule has 0 spiro atoms. The minimum Gasteiger partial charge on any atom is -0.314 e. The van der Waals surface area contributed by atoms with Gasteiger partial charge in [0.2, 0.25) is 0 Å². The SMILES string of the molecule is O=C(CC1CC1)CC1CCCN1. The maximum atomic E-state index is 11.4. The Bertz CT molecular complexity index is 169. The Hall–Kier alpha value is -0.370. The molecular weight excluding hydrogens is 150 g/mol. The zero-order valence-electron chi connectivity index (χ0n) is 7.51. The van der Waals surface area contributed by atoms with E-state index >= 15 is 0 Å². The topological polar surface area (TPSA) is 29.1 Å². The van der Waals surface area contributed by atoms with E-state index in [0.717, 1.165) is 25.3 Å². The standard InChI is InChI=1S/C10H17NO/c12-10(6-8-3-4-8)7-9-2-1-5-11-9/h8-9,11H,1-7H2. The second-order valence-corrected chi connectivity index (χ2v) is 4.18. The molecule has 2 aliphatic rings. The van der Waals surface area contributed by atoms with Crippen molar-refractivity contribution in [2.75, 3.05) is 6.54 Å². The second-order valence-electron chi connectivity index (χ2n) is 4.18. The molecule has 1 aliphatic heterocycles. The van der Waals surface area contributed by atoms with E-state index in [2.05, 4.69) is 5.32 Å². The first-order valence-corrected chi connectivity index (χ1v) is 5.09. The highest BCUT2D eigenvalue weighted by Crippen LogP contribution is 2.33. The molecule has 1 heterocycles. The molecule has 1 N–H and O–H groups in total. The van der Waals surface area contributed by atoms with Crippen LogP contribution in [0.25, 0.3) is 0 Å². The number of hydrogen-bond donors (Lipinski definition) is 1. The average molecular weight is 167 g/mol. The molecule has 0 aromatic rings. The lowest BCUT2D eigenvalue weighted by atomic mass is 10.1. The Morgan fingerprint density at radius 2 is 2.08 bits per heavy atom. The van der Waals surface area contributed by atoms with Crippen molar-refractivity contribution in [1.29, 1.82) is 0 Å². The van der Waals surface area contributed by atoms with Gasteiger partial charge in [0, 0.05) is 18.9 Å². The number of Topliss-reactive ketones (excluding diaryl/α,β-unsaturated/α-hetero) is 1. The summed E-state index contributed by atoms with van der Waals surface area (Å²) in [7, 11) is 0. The van der Waals surface area contributed by atoms with Crippen LogP contribution >= 0.6 is 0 Å². The summed E-state index contributed by atoms with van der Waals surface area (Å²) < 4.78 is 0. The highest BCUT2D eigenvalue weighted by atomic mass is 16.1. The minimum absolute atomic E-state index is 0.483. The van der Waals surface area contributed by atoms with E-state index in [4.69, 9.17) is 0 Å². The van der Waals surface area contributed by atoms with Gasteiger partial charge in [-0.25, -0.2) is 0 Å². The molecule has 1 atom stereocenters. The normalized spacial score (nSPS) is 29.2. The molecule has 2 heteroatoms. The highest BCUT2D eigenvalue weighted by Gasteiger charge is 2.26. The largest absolute Gasteiger partial charge is 0.314 e. The van der Waals surface area contributed by atoms with Gasteiger partial charge in [-0.15, -0.1) is 0 Å². The van der Waals surface area contributed by atoms with Crippen molar-refractivity contribution in [3.8, 4) is 0 Å². The van der Waals surface area contributed by atoms with Crippen molar-refractivity contribution in [2.45, 2.75) is 44.6 Å². The number of carbonyl (C=O) groups excluding carboxylic acids is 1. The van der Waals surface area contributed by atoms with Gasteiger partial charge in [-0.1, -0.05) is 0 Å². The first-order chi connectivity index (χ1) is 5.84. The number of hydrogen-bond acceptors (Lipinski definition) is 2. The fourth-order valence-corrected chi connectivity index (χ4v) is 1.93. The van der Waals surface area contributed by atoms with Gasteiger partial charge in [-0.3, -0.25) is 4.79 Å². The molecule has 2 rings (SSSR count). The van der Waals surface area contributed by atoms with Gasteiger partial charge in [-0.2, -0.15) is 0 Å². The molecule has 1 unspecified atom stereocenters. The van der Waals surface area contributed by atoms with E-state index in [1.165, 1.54) is 25.7 Å². The van der Waals surface area contributed by atoms with E-state index in [1.54, 1.807) is 0 Å². The summed E-state index contributed by atoms with van der Waals surface area (Å²) >= 11 is 0. The molecule has 2 nitrogen and oxygen atoms in total. The van der Waals surface area contributed by atoms with Crippen molar-refractivity contribution in [3.63, 3.8) is 0 Å². The van der Waals surface area contributed by atoms with Crippen LogP contribution in [-0.4, -0.2) is 18.4 Å². The zero-order chi connectivity index (χ0) is 8.39. The minimum atomic E-state index is 0.483. The Morgan fingerprint density at radius 3 is 2.67 bits per heavy atom. The molecule has 68 valence electrons. The van der Waals surface area contributed by atoms with Gasteiger partial charge in [0.15, 0.2) is 0 Å². The van der Waals surface area contributed by atoms with Crippen LogP contribution in [0.15, 0.2) is 0 Å². The van der Waals surface area contributed by atoms with Crippen LogP contribution in [0.4, 0.5) is 0 Å². The van der Waals surface area contributed by atoms with Crippen molar-refractivity contribution in [3.05, 3.63) is 0 Å². The molecule has 0 aromatic heterocycles. The lowest BCUT2D eigenvalue weighted by molar-refractivity contribution is -0.119. The summed E-state index contributed by atoms with van der Waals surface area (Å²) in [5, 5.41) is 3.36. The van der Waals surface area contributed by atoms with E-state index in [9.17, 15) is 4.79 Å². The quantitative estimate of drug-likeness (QED) is 0.687. The molecular formula is C10H17NO. The number of nitrogens with one attached hydrogen (secondary N) is 1. The van der Waals surface area contributed by atoms with Gasteiger partial charge in [0.25, 0.3) is 0 Å². The van der Waals surface area contributed by atoms with Gasteiger partial charge < -0.3 is 5.32 Å². The summed E-state index contributed by atoms with van der Waals surface area (Å²) in [6, 6.07) is 0.510. The predicted molar refractivity (Wildman–Crippen MR) is 48.0 cm³/mol.